The molecule has 0 aliphatic carbocycles. The molecule has 28 heavy (non-hydrogen) atoms. The van der Waals surface area contributed by atoms with E-state index in [0.717, 1.165) is 11.6 Å². The first-order valence-electron chi connectivity index (χ1n) is 8.83. The van der Waals surface area contributed by atoms with Crippen LogP contribution < -0.4 is 0 Å². The van der Waals surface area contributed by atoms with Crippen LogP contribution in [0.3, 0.4) is 0 Å². The molecule has 2 heterocycles. The molecule has 1 saturated heterocycles. The van der Waals surface area contributed by atoms with E-state index in [-0.39, 0.29) is 17.2 Å². The Labute approximate surface area is 165 Å². The minimum atomic E-state index is -4.61. The quantitative estimate of drug-likeness (QED) is 0.611. The van der Waals surface area contributed by atoms with E-state index in [9.17, 15) is 22.4 Å². The summed E-state index contributed by atoms with van der Waals surface area (Å²) in [5, 5.41) is -0.269. The van der Waals surface area contributed by atoms with Gasteiger partial charge in [-0.05, 0) is 40.8 Å². The van der Waals surface area contributed by atoms with Crippen LogP contribution in [0.15, 0.2) is 36.7 Å². The van der Waals surface area contributed by atoms with Crippen molar-refractivity contribution < 1.29 is 22.4 Å². The van der Waals surface area contributed by atoms with E-state index in [1.165, 1.54) is 23.9 Å². The highest BCUT2D eigenvalue weighted by atomic mass is 32.2. The highest BCUT2D eigenvalue weighted by Crippen LogP contribution is 2.43. The summed E-state index contributed by atoms with van der Waals surface area (Å²) in [7, 11) is 0. The van der Waals surface area contributed by atoms with Gasteiger partial charge in [-0.1, -0.05) is 19.9 Å². The van der Waals surface area contributed by atoms with Crippen molar-refractivity contribution in [1.82, 2.24) is 9.88 Å². The van der Waals surface area contributed by atoms with E-state index in [1.807, 2.05) is 13.8 Å². The number of nitrogens with zero attached hydrogens (tertiary/aromatic N) is 2. The maximum absolute atomic E-state index is 13.3. The fraction of sp³-hybridized carbons (Fsp3) is 0.400. The summed E-state index contributed by atoms with van der Waals surface area (Å²) in [5.41, 5.74) is 0.494. The molecule has 150 valence electrons. The Morgan fingerprint density at radius 3 is 2.68 bits per heavy atom. The van der Waals surface area contributed by atoms with Gasteiger partial charge in [0.25, 0.3) is 0 Å². The molecule has 1 aromatic carbocycles. The number of rotatable bonds is 5. The van der Waals surface area contributed by atoms with Crippen molar-refractivity contribution in [2.45, 2.75) is 32.1 Å². The third-order valence-corrected chi connectivity index (χ3v) is 5.75. The number of pyridine rings is 1. The first-order chi connectivity index (χ1) is 13.2. The molecule has 1 unspecified atom stereocenters. The molecular formula is C20H20F4N2OS. The van der Waals surface area contributed by atoms with Gasteiger partial charge in [-0.15, -0.1) is 11.8 Å². The van der Waals surface area contributed by atoms with Crippen LogP contribution in [0.25, 0.3) is 11.1 Å². The molecule has 3 rings (SSSR count). The zero-order valence-electron chi connectivity index (χ0n) is 15.5. The van der Waals surface area contributed by atoms with Crippen molar-refractivity contribution in [3.05, 3.63) is 53.3 Å². The molecular weight excluding hydrogens is 392 g/mol. The average Bonchev–Trinajstić information content (AvgIpc) is 3.00. The Hall–Kier alpha value is -2.09. The number of carbonyl (C=O) groups is 1. The van der Waals surface area contributed by atoms with E-state index < -0.39 is 24.0 Å². The monoisotopic (exact) mass is 412 g/mol. The van der Waals surface area contributed by atoms with Crippen LogP contribution in [0.2, 0.25) is 0 Å². The number of aromatic nitrogens is 1. The van der Waals surface area contributed by atoms with E-state index in [4.69, 9.17) is 0 Å². The molecule has 0 spiro atoms. The van der Waals surface area contributed by atoms with Gasteiger partial charge in [0, 0.05) is 24.5 Å². The van der Waals surface area contributed by atoms with Crippen molar-refractivity contribution in [2.75, 3.05) is 12.3 Å². The van der Waals surface area contributed by atoms with Gasteiger partial charge in [-0.25, -0.2) is 4.39 Å². The van der Waals surface area contributed by atoms with Crippen molar-refractivity contribution in [2.24, 2.45) is 5.92 Å². The maximum atomic E-state index is 13.3. The fourth-order valence-electron chi connectivity index (χ4n) is 3.32. The molecule has 1 aliphatic heterocycles. The molecule has 0 radical (unpaired) electrons. The molecule has 3 nitrogen and oxygen atoms in total. The van der Waals surface area contributed by atoms with Gasteiger partial charge in [0.1, 0.15) is 12.0 Å². The predicted molar refractivity (Wildman–Crippen MR) is 101 cm³/mol. The number of benzene rings is 1. The highest BCUT2D eigenvalue weighted by Gasteiger charge is 2.36. The summed E-state index contributed by atoms with van der Waals surface area (Å²) < 4.78 is 52.6. The summed E-state index contributed by atoms with van der Waals surface area (Å²) in [6, 6.07) is 5.18. The highest BCUT2D eigenvalue weighted by molar-refractivity contribution is 8.00. The lowest BCUT2D eigenvalue weighted by molar-refractivity contribution is -0.138. The Balaban J connectivity index is 2.05. The average molecular weight is 412 g/mol. The molecule has 0 bridgehead atoms. The van der Waals surface area contributed by atoms with Crippen LogP contribution in [0.5, 0.6) is 0 Å². The first kappa shape index (κ1) is 20.6. The summed E-state index contributed by atoms with van der Waals surface area (Å²) in [5.74, 6) is 0.638. The van der Waals surface area contributed by atoms with Gasteiger partial charge < -0.3 is 4.90 Å². The van der Waals surface area contributed by atoms with Crippen LogP contribution in [-0.2, 0) is 17.6 Å². The second-order valence-corrected chi connectivity index (χ2v) is 8.14. The van der Waals surface area contributed by atoms with Crippen molar-refractivity contribution >= 4 is 17.7 Å². The molecule has 2 aromatic rings. The van der Waals surface area contributed by atoms with Gasteiger partial charge in [0.05, 0.1) is 11.3 Å². The summed E-state index contributed by atoms with van der Waals surface area (Å²) in [6.45, 7) is 3.40. The molecule has 0 N–H and O–H groups in total. The molecule has 0 saturated carbocycles. The summed E-state index contributed by atoms with van der Waals surface area (Å²) in [4.78, 5) is 18.2. The van der Waals surface area contributed by atoms with Gasteiger partial charge >= 0.3 is 6.18 Å². The minimum absolute atomic E-state index is 0.0235. The number of hydrogen-bond acceptors (Lipinski definition) is 3. The molecule has 8 heteroatoms. The van der Waals surface area contributed by atoms with Crippen LogP contribution in [0, 0.1) is 5.92 Å². The lowest BCUT2D eigenvalue weighted by atomic mass is 9.96. The predicted octanol–water partition coefficient (Wildman–Crippen LogP) is 5.47. The zero-order valence-corrected chi connectivity index (χ0v) is 16.3. The Morgan fingerprint density at radius 1 is 1.29 bits per heavy atom. The molecule has 1 atom stereocenters. The molecule has 1 amide bonds. The fourth-order valence-corrected chi connectivity index (χ4v) is 4.53. The van der Waals surface area contributed by atoms with E-state index in [1.54, 1.807) is 23.4 Å². The first-order valence-corrected chi connectivity index (χ1v) is 9.88. The summed E-state index contributed by atoms with van der Waals surface area (Å²) >= 11 is 1.46. The van der Waals surface area contributed by atoms with E-state index in [2.05, 4.69) is 4.98 Å². The van der Waals surface area contributed by atoms with Crippen LogP contribution in [0.1, 0.15) is 35.9 Å². The Morgan fingerprint density at radius 2 is 2.04 bits per heavy atom. The number of thioether (sulfide) groups is 1. The van der Waals surface area contributed by atoms with Crippen LogP contribution in [0.4, 0.5) is 17.6 Å². The van der Waals surface area contributed by atoms with Gasteiger partial charge in [-0.2, -0.15) is 13.2 Å². The Bertz CT molecular complexity index is 870. The largest absolute Gasteiger partial charge is 0.416 e. The van der Waals surface area contributed by atoms with Crippen molar-refractivity contribution in [3.63, 3.8) is 0 Å². The number of carbonyl (C=O) groups excluding carboxylic acids is 1. The second-order valence-electron chi connectivity index (χ2n) is 7.07. The molecule has 1 fully saturated rings. The normalized spacial score (nSPS) is 17.6. The minimum Gasteiger partial charge on any atom is -0.325 e. The maximum Gasteiger partial charge on any atom is 0.416 e. The van der Waals surface area contributed by atoms with E-state index >= 15 is 0 Å². The topological polar surface area (TPSA) is 33.2 Å². The lowest BCUT2D eigenvalue weighted by Crippen LogP contribution is -2.32. The molecule has 1 aliphatic rings. The number of hydrogen-bond donors (Lipinski definition) is 0. The van der Waals surface area contributed by atoms with E-state index in [0.29, 0.717) is 23.4 Å². The second kappa shape index (κ2) is 8.11. The third kappa shape index (κ3) is 4.16. The van der Waals surface area contributed by atoms with Gasteiger partial charge in [0.15, 0.2) is 0 Å². The Kier molecular flexibility index (Phi) is 5.98. The van der Waals surface area contributed by atoms with Crippen molar-refractivity contribution in [3.8, 4) is 11.1 Å². The molecule has 1 aromatic heterocycles. The number of amides is 1. The van der Waals surface area contributed by atoms with Gasteiger partial charge in [-0.3, -0.25) is 9.78 Å². The van der Waals surface area contributed by atoms with Crippen LogP contribution >= 0.6 is 11.8 Å². The van der Waals surface area contributed by atoms with Crippen LogP contribution in [-0.4, -0.2) is 28.1 Å². The smallest absolute Gasteiger partial charge is 0.325 e. The number of alkyl halides is 4. The third-order valence-electron chi connectivity index (χ3n) is 4.51. The number of halogens is 4. The van der Waals surface area contributed by atoms with Gasteiger partial charge in [0.2, 0.25) is 5.91 Å². The zero-order chi connectivity index (χ0) is 20.5. The lowest BCUT2D eigenvalue weighted by Gasteiger charge is -2.27. The summed E-state index contributed by atoms with van der Waals surface area (Å²) in [6.07, 6.45) is -1.44. The van der Waals surface area contributed by atoms with Crippen molar-refractivity contribution in [1.29, 1.82) is 0 Å². The SMILES string of the molecule is CC(C)CN1C(=O)CSC1c1cnccc1-c1ccc(C(F)(F)F)c(CF)c1. The standard InChI is InChI=1S/C20H20F4N2OS/c1-12(2)10-26-18(27)11-28-19(26)16-9-25-6-5-15(16)13-3-4-17(20(22,23)24)14(7-13)8-21/h3-7,9,12,19H,8,10-11H2,1-2H3.